The number of halogens is 1. The van der Waals surface area contributed by atoms with Gasteiger partial charge in [-0.3, -0.25) is 14.7 Å². The average molecular weight is 500 g/mol. The number of carbonyl (C=O) groups excluding carboxylic acids is 1. The second-order valence-corrected chi connectivity index (χ2v) is 9.35. The van der Waals surface area contributed by atoms with Crippen LogP contribution in [-0.4, -0.2) is 23.0 Å². The van der Waals surface area contributed by atoms with Crippen molar-refractivity contribution < 1.29 is 9.53 Å². The lowest BCUT2D eigenvalue weighted by Gasteiger charge is -2.19. The van der Waals surface area contributed by atoms with Gasteiger partial charge in [0.05, 0.1) is 35.5 Å². The summed E-state index contributed by atoms with van der Waals surface area (Å²) >= 11 is 7.81. The molecule has 5 nitrogen and oxygen atoms in total. The second kappa shape index (κ2) is 10.3. The first-order chi connectivity index (χ1) is 17.1. The van der Waals surface area contributed by atoms with Gasteiger partial charge < -0.3 is 4.74 Å². The Morgan fingerprint density at radius 2 is 1.69 bits per heavy atom. The zero-order chi connectivity index (χ0) is 24.2. The standard InChI is InChI=1S/C28H22ClN3O2S/c1-34-24-15-14-23(29)27-26(24)31-28(35-27)32(18-22-9-5-6-16-30-22)25(33)17-19-10-12-21(13-11-19)20-7-3-2-4-8-20/h2-16H,17-18H2,1H3. The minimum Gasteiger partial charge on any atom is -0.494 e. The molecule has 5 aromatic rings. The SMILES string of the molecule is COc1ccc(Cl)c2sc(N(Cc3ccccn3)C(=O)Cc3ccc(-c4ccccc4)cc3)nc12. The second-order valence-electron chi connectivity index (χ2n) is 7.96. The normalized spacial score (nSPS) is 10.9. The van der Waals surface area contributed by atoms with E-state index >= 15 is 0 Å². The molecule has 0 spiro atoms. The van der Waals surface area contributed by atoms with Crippen LogP contribution < -0.4 is 9.64 Å². The molecule has 2 heterocycles. The van der Waals surface area contributed by atoms with Gasteiger partial charge in [0.2, 0.25) is 5.91 Å². The van der Waals surface area contributed by atoms with E-state index in [9.17, 15) is 4.79 Å². The van der Waals surface area contributed by atoms with Gasteiger partial charge in [-0.25, -0.2) is 4.98 Å². The molecule has 0 saturated heterocycles. The molecular formula is C28H22ClN3O2S. The van der Waals surface area contributed by atoms with Gasteiger partial charge in [0, 0.05) is 6.20 Å². The van der Waals surface area contributed by atoms with Crippen LogP contribution in [0.5, 0.6) is 5.75 Å². The van der Waals surface area contributed by atoms with Crippen molar-refractivity contribution in [3.63, 3.8) is 0 Å². The van der Waals surface area contributed by atoms with Crippen molar-refractivity contribution in [1.82, 2.24) is 9.97 Å². The third-order valence-corrected chi connectivity index (χ3v) is 7.20. The lowest BCUT2D eigenvalue weighted by Crippen LogP contribution is -2.32. The van der Waals surface area contributed by atoms with Crippen LogP contribution in [0.25, 0.3) is 21.3 Å². The minimum atomic E-state index is -0.0720. The zero-order valence-corrected chi connectivity index (χ0v) is 20.6. The number of ether oxygens (including phenoxy) is 1. The highest BCUT2D eigenvalue weighted by Crippen LogP contribution is 2.39. The number of aromatic nitrogens is 2. The Kier molecular flexibility index (Phi) is 6.75. The summed E-state index contributed by atoms with van der Waals surface area (Å²) in [6.07, 6.45) is 1.96. The van der Waals surface area contributed by atoms with Crippen molar-refractivity contribution in [3.05, 3.63) is 107 Å². The number of hydrogen-bond acceptors (Lipinski definition) is 5. The van der Waals surface area contributed by atoms with Gasteiger partial charge in [-0.15, -0.1) is 0 Å². The summed E-state index contributed by atoms with van der Waals surface area (Å²) in [6, 6.07) is 27.5. The largest absolute Gasteiger partial charge is 0.494 e. The molecule has 174 valence electrons. The number of methoxy groups -OCH3 is 1. The van der Waals surface area contributed by atoms with Crippen molar-refractivity contribution in [2.45, 2.75) is 13.0 Å². The molecule has 7 heteroatoms. The molecule has 1 amide bonds. The summed E-state index contributed by atoms with van der Waals surface area (Å²) in [5.74, 6) is 0.547. The van der Waals surface area contributed by atoms with Gasteiger partial charge in [-0.2, -0.15) is 0 Å². The first kappa shape index (κ1) is 23.0. The molecule has 0 radical (unpaired) electrons. The number of anilines is 1. The Hall–Kier alpha value is -3.74. The number of hydrogen-bond donors (Lipinski definition) is 0. The number of rotatable bonds is 7. The van der Waals surface area contributed by atoms with E-state index in [0.29, 0.717) is 28.0 Å². The maximum Gasteiger partial charge on any atom is 0.233 e. The fourth-order valence-corrected chi connectivity index (χ4v) is 5.13. The van der Waals surface area contributed by atoms with Gasteiger partial charge in [0.15, 0.2) is 5.13 Å². The number of pyridine rings is 1. The third-order valence-electron chi connectivity index (χ3n) is 5.66. The van der Waals surface area contributed by atoms with Gasteiger partial charge in [-0.05, 0) is 41.0 Å². The van der Waals surface area contributed by atoms with Crippen molar-refractivity contribution in [3.8, 4) is 16.9 Å². The van der Waals surface area contributed by atoms with Crippen molar-refractivity contribution in [2.75, 3.05) is 12.0 Å². The summed E-state index contributed by atoms with van der Waals surface area (Å²) in [5.41, 5.74) is 4.60. The van der Waals surface area contributed by atoms with Crippen LogP contribution in [0.4, 0.5) is 5.13 Å². The number of fused-ring (bicyclic) bond motifs is 1. The van der Waals surface area contributed by atoms with Crippen LogP contribution in [0.15, 0.2) is 91.1 Å². The molecule has 0 aliphatic heterocycles. The minimum absolute atomic E-state index is 0.0720. The molecule has 35 heavy (non-hydrogen) atoms. The molecule has 0 unspecified atom stereocenters. The van der Waals surface area contributed by atoms with Gasteiger partial charge in [-0.1, -0.05) is 83.6 Å². The first-order valence-corrected chi connectivity index (χ1v) is 12.3. The third kappa shape index (κ3) is 5.04. The molecule has 2 aromatic heterocycles. The number of benzene rings is 3. The molecule has 0 bridgehead atoms. The number of amides is 1. The van der Waals surface area contributed by atoms with Crippen LogP contribution in [-0.2, 0) is 17.8 Å². The molecular weight excluding hydrogens is 478 g/mol. The summed E-state index contributed by atoms with van der Waals surface area (Å²) < 4.78 is 6.25. The van der Waals surface area contributed by atoms with Crippen LogP contribution in [0.1, 0.15) is 11.3 Å². The average Bonchev–Trinajstić information content (AvgIpc) is 3.35. The molecule has 0 aliphatic carbocycles. The first-order valence-electron chi connectivity index (χ1n) is 11.1. The Labute approximate surface area is 212 Å². The monoisotopic (exact) mass is 499 g/mol. The summed E-state index contributed by atoms with van der Waals surface area (Å²) in [6.45, 7) is 0.307. The van der Waals surface area contributed by atoms with Crippen LogP contribution in [0, 0.1) is 0 Å². The Balaban J connectivity index is 1.46. The summed E-state index contributed by atoms with van der Waals surface area (Å²) in [4.78, 5) is 24.4. The van der Waals surface area contributed by atoms with Gasteiger partial charge in [0.1, 0.15) is 11.3 Å². The van der Waals surface area contributed by atoms with E-state index in [2.05, 4.69) is 17.1 Å². The highest BCUT2D eigenvalue weighted by atomic mass is 35.5. The Morgan fingerprint density at radius 3 is 2.40 bits per heavy atom. The highest BCUT2D eigenvalue weighted by Gasteiger charge is 2.23. The Morgan fingerprint density at radius 1 is 0.943 bits per heavy atom. The smallest absolute Gasteiger partial charge is 0.233 e. The van der Waals surface area contributed by atoms with Gasteiger partial charge in [0.25, 0.3) is 0 Å². The molecule has 0 atom stereocenters. The fraction of sp³-hybridized carbons (Fsp3) is 0.107. The predicted molar refractivity (Wildman–Crippen MR) is 142 cm³/mol. The van der Waals surface area contributed by atoms with E-state index < -0.39 is 0 Å². The molecule has 5 rings (SSSR count). The van der Waals surface area contributed by atoms with Crippen LogP contribution >= 0.6 is 22.9 Å². The van der Waals surface area contributed by atoms with Crippen LogP contribution in [0.3, 0.4) is 0 Å². The van der Waals surface area contributed by atoms with E-state index in [1.807, 2.05) is 60.7 Å². The quantitative estimate of drug-likeness (QED) is 0.247. The maximum absolute atomic E-state index is 13.6. The Bertz CT molecular complexity index is 1450. The van der Waals surface area contributed by atoms with E-state index in [0.717, 1.165) is 27.1 Å². The van der Waals surface area contributed by atoms with Gasteiger partial charge >= 0.3 is 0 Å². The van der Waals surface area contributed by atoms with E-state index in [1.165, 1.54) is 11.3 Å². The molecule has 0 saturated carbocycles. The molecule has 0 fully saturated rings. The summed E-state index contributed by atoms with van der Waals surface area (Å²) in [7, 11) is 1.59. The lowest BCUT2D eigenvalue weighted by atomic mass is 10.0. The fourth-order valence-electron chi connectivity index (χ4n) is 3.85. The summed E-state index contributed by atoms with van der Waals surface area (Å²) in [5, 5.41) is 1.13. The predicted octanol–water partition coefficient (Wildman–Crippen LogP) is 6.80. The highest BCUT2D eigenvalue weighted by molar-refractivity contribution is 7.23. The number of carbonyl (C=O) groups is 1. The number of thiazole rings is 1. The van der Waals surface area contributed by atoms with Crippen molar-refractivity contribution in [1.29, 1.82) is 0 Å². The number of nitrogens with zero attached hydrogens (tertiary/aromatic N) is 3. The topological polar surface area (TPSA) is 55.3 Å². The molecule has 0 aliphatic rings. The lowest BCUT2D eigenvalue weighted by molar-refractivity contribution is -0.118. The van der Waals surface area contributed by atoms with E-state index in [4.69, 9.17) is 21.3 Å². The van der Waals surface area contributed by atoms with Crippen molar-refractivity contribution in [2.24, 2.45) is 0 Å². The molecule has 0 N–H and O–H groups in total. The maximum atomic E-state index is 13.6. The van der Waals surface area contributed by atoms with E-state index in [1.54, 1.807) is 30.3 Å². The zero-order valence-electron chi connectivity index (χ0n) is 19.0. The van der Waals surface area contributed by atoms with E-state index in [-0.39, 0.29) is 12.3 Å². The van der Waals surface area contributed by atoms with Crippen LogP contribution in [0.2, 0.25) is 5.02 Å². The van der Waals surface area contributed by atoms with Crippen molar-refractivity contribution >= 4 is 44.2 Å². The molecule has 3 aromatic carbocycles.